The lowest BCUT2D eigenvalue weighted by atomic mass is 10.0. The van der Waals surface area contributed by atoms with E-state index >= 15 is 0 Å². The first-order chi connectivity index (χ1) is 15.4. The lowest BCUT2D eigenvalue weighted by molar-refractivity contribution is -0.129. The van der Waals surface area contributed by atoms with Gasteiger partial charge in [0.25, 0.3) is 5.91 Å². The highest BCUT2D eigenvalue weighted by Crippen LogP contribution is 2.11. The average Bonchev–Trinajstić information content (AvgIpc) is 3.31. The zero-order valence-electron chi connectivity index (χ0n) is 17.5. The summed E-state index contributed by atoms with van der Waals surface area (Å²) < 4.78 is 5.18. The van der Waals surface area contributed by atoms with Crippen molar-refractivity contribution < 1.29 is 18.8 Å². The van der Waals surface area contributed by atoms with Gasteiger partial charge in [0.1, 0.15) is 17.8 Å². The van der Waals surface area contributed by atoms with E-state index in [4.69, 9.17) is 16.0 Å². The summed E-state index contributed by atoms with van der Waals surface area (Å²) in [7, 11) is 0. The van der Waals surface area contributed by atoms with Crippen molar-refractivity contribution in [2.75, 3.05) is 0 Å². The second-order valence-electron chi connectivity index (χ2n) is 7.25. The molecule has 0 spiro atoms. The van der Waals surface area contributed by atoms with Crippen LogP contribution in [0.25, 0.3) is 0 Å². The number of nitrogens with one attached hydrogen (secondary N) is 3. The maximum Gasteiger partial charge on any atom is 0.251 e. The highest BCUT2D eigenvalue weighted by molar-refractivity contribution is 6.30. The van der Waals surface area contributed by atoms with Gasteiger partial charge in [-0.1, -0.05) is 41.9 Å². The lowest BCUT2D eigenvalue weighted by Crippen LogP contribution is -2.53. The van der Waals surface area contributed by atoms with Crippen LogP contribution < -0.4 is 16.0 Å². The molecule has 3 rings (SSSR count). The summed E-state index contributed by atoms with van der Waals surface area (Å²) in [6.07, 6.45) is 1.79. The molecule has 2 aromatic carbocycles. The third-order valence-electron chi connectivity index (χ3n) is 4.78. The second kappa shape index (κ2) is 11.2. The van der Waals surface area contributed by atoms with E-state index in [9.17, 15) is 14.4 Å². The first kappa shape index (κ1) is 23.1. The van der Waals surface area contributed by atoms with Gasteiger partial charge >= 0.3 is 0 Å². The molecule has 0 saturated heterocycles. The molecule has 2 atom stereocenters. The molecule has 32 heavy (non-hydrogen) atoms. The molecule has 0 aliphatic carbocycles. The van der Waals surface area contributed by atoms with E-state index in [1.807, 2.05) is 30.3 Å². The number of amides is 3. The minimum Gasteiger partial charge on any atom is -0.467 e. The molecule has 0 bridgehead atoms. The number of halogens is 1. The summed E-state index contributed by atoms with van der Waals surface area (Å²) in [4.78, 5) is 38.0. The molecule has 1 heterocycles. The van der Waals surface area contributed by atoms with Crippen LogP contribution in [0.5, 0.6) is 0 Å². The molecule has 3 N–H and O–H groups in total. The van der Waals surface area contributed by atoms with E-state index in [0.717, 1.165) is 5.56 Å². The van der Waals surface area contributed by atoms with Gasteiger partial charge in [0, 0.05) is 17.0 Å². The summed E-state index contributed by atoms with van der Waals surface area (Å²) in [5, 5.41) is 8.65. The number of hydrogen-bond acceptors (Lipinski definition) is 4. The highest BCUT2D eigenvalue weighted by atomic mass is 35.5. The van der Waals surface area contributed by atoms with E-state index in [-0.39, 0.29) is 18.9 Å². The van der Waals surface area contributed by atoms with Crippen molar-refractivity contribution in [3.05, 3.63) is 94.9 Å². The quantitative estimate of drug-likeness (QED) is 0.463. The van der Waals surface area contributed by atoms with E-state index in [1.54, 1.807) is 43.3 Å². The Morgan fingerprint density at radius 2 is 1.62 bits per heavy atom. The number of rotatable bonds is 9. The zero-order chi connectivity index (χ0) is 22.9. The molecule has 0 saturated carbocycles. The Hall–Kier alpha value is -3.58. The number of furan rings is 1. The smallest absolute Gasteiger partial charge is 0.251 e. The molecular weight excluding hydrogens is 430 g/mol. The van der Waals surface area contributed by atoms with Gasteiger partial charge < -0.3 is 20.4 Å². The van der Waals surface area contributed by atoms with E-state index in [2.05, 4.69) is 16.0 Å². The molecule has 8 heteroatoms. The summed E-state index contributed by atoms with van der Waals surface area (Å²) in [5.41, 5.74) is 1.25. The van der Waals surface area contributed by atoms with E-state index < -0.39 is 23.9 Å². The van der Waals surface area contributed by atoms with Gasteiger partial charge in [0.15, 0.2) is 0 Å². The standard InChI is InChI=1S/C24H24ClN3O4/c1-16(22(29)26-15-20-8-5-13-32-20)27-24(31)21(14-17-6-3-2-4-7-17)28-23(30)18-9-11-19(25)12-10-18/h2-13,16,21H,14-15H2,1H3,(H,26,29)(H,27,31)(H,28,30). The van der Waals surface area contributed by atoms with Crippen molar-refractivity contribution in [2.24, 2.45) is 0 Å². The minimum atomic E-state index is -0.874. The van der Waals surface area contributed by atoms with Gasteiger partial charge in [-0.15, -0.1) is 0 Å². The summed E-state index contributed by atoms with van der Waals surface area (Å²) in [5.74, 6) is -0.629. The number of benzene rings is 2. The van der Waals surface area contributed by atoms with Gasteiger partial charge in [-0.05, 0) is 48.9 Å². The van der Waals surface area contributed by atoms with Gasteiger partial charge in [0.05, 0.1) is 12.8 Å². The van der Waals surface area contributed by atoms with Crippen LogP contribution in [-0.4, -0.2) is 29.8 Å². The van der Waals surface area contributed by atoms with Crippen LogP contribution in [0.3, 0.4) is 0 Å². The first-order valence-corrected chi connectivity index (χ1v) is 10.5. The monoisotopic (exact) mass is 453 g/mol. The Bertz CT molecular complexity index is 1040. The van der Waals surface area contributed by atoms with Crippen LogP contribution in [0.1, 0.15) is 28.6 Å². The first-order valence-electron chi connectivity index (χ1n) is 10.1. The molecule has 0 aliphatic heterocycles. The third-order valence-corrected chi connectivity index (χ3v) is 5.03. The van der Waals surface area contributed by atoms with Gasteiger partial charge in [-0.2, -0.15) is 0 Å². The average molecular weight is 454 g/mol. The van der Waals surface area contributed by atoms with Crippen LogP contribution in [-0.2, 0) is 22.6 Å². The normalized spacial score (nSPS) is 12.4. The Morgan fingerprint density at radius 1 is 0.906 bits per heavy atom. The zero-order valence-corrected chi connectivity index (χ0v) is 18.3. The molecule has 3 amide bonds. The largest absolute Gasteiger partial charge is 0.467 e. The molecule has 166 valence electrons. The van der Waals surface area contributed by atoms with Gasteiger partial charge in [0.2, 0.25) is 11.8 Å². The van der Waals surface area contributed by atoms with Gasteiger partial charge in [-0.3, -0.25) is 14.4 Å². The topological polar surface area (TPSA) is 100 Å². The van der Waals surface area contributed by atoms with Crippen molar-refractivity contribution in [1.82, 2.24) is 16.0 Å². The summed E-state index contributed by atoms with van der Waals surface area (Å²) in [6.45, 7) is 1.79. The predicted octanol–water partition coefficient (Wildman–Crippen LogP) is 3.10. The maximum absolute atomic E-state index is 13.0. The Labute approximate surface area is 191 Å². The number of carbonyl (C=O) groups excluding carboxylic acids is 3. The van der Waals surface area contributed by atoms with Crippen LogP contribution in [0.15, 0.2) is 77.4 Å². The third kappa shape index (κ3) is 6.72. The lowest BCUT2D eigenvalue weighted by Gasteiger charge is -2.21. The molecule has 0 fully saturated rings. The van der Waals surface area contributed by atoms with Gasteiger partial charge in [-0.25, -0.2) is 0 Å². The van der Waals surface area contributed by atoms with Crippen molar-refractivity contribution in [1.29, 1.82) is 0 Å². The maximum atomic E-state index is 13.0. The molecule has 0 aliphatic rings. The van der Waals surface area contributed by atoms with Crippen LogP contribution in [0, 0.1) is 0 Å². The van der Waals surface area contributed by atoms with Crippen molar-refractivity contribution in [3.8, 4) is 0 Å². The highest BCUT2D eigenvalue weighted by Gasteiger charge is 2.25. The fourth-order valence-corrected chi connectivity index (χ4v) is 3.15. The van der Waals surface area contributed by atoms with E-state index in [1.165, 1.54) is 6.26 Å². The summed E-state index contributed by atoms with van der Waals surface area (Å²) in [6, 6.07) is 17.5. The van der Waals surface area contributed by atoms with E-state index in [0.29, 0.717) is 16.3 Å². The van der Waals surface area contributed by atoms with Crippen molar-refractivity contribution in [2.45, 2.75) is 32.0 Å². The molecule has 1 aromatic heterocycles. The van der Waals surface area contributed by atoms with Crippen LogP contribution in [0.2, 0.25) is 5.02 Å². The summed E-state index contributed by atoms with van der Waals surface area (Å²) >= 11 is 5.89. The molecule has 0 radical (unpaired) electrons. The second-order valence-corrected chi connectivity index (χ2v) is 7.69. The van der Waals surface area contributed by atoms with Crippen molar-refractivity contribution >= 4 is 29.3 Å². The fourth-order valence-electron chi connectivity index (χ4n) is 3.02. The SMILES string of the molecule is CC(NC(=O)C(Cc1ccccc1)NC(=O)c1ccc(Cl)cc1)C(=O)NCc1ccco1. The fraction of sp³-hybridized carbons (Fsp3) is 0.208. The van der Waals surface area contributed by atoms with Crippen LogP contribution >= 0.6 is 11.6 Å². The minimum absolute atomic E-state index is 0.215. The molecule has 2 unspecified atom stereocenters. The molecule has 3 aromatic rings. The Morgan fingerprint density at radius 3 is 2.28 bits per heavy atom. The number of carbonyl (C=O) groups is 3. The molecular formula is C24H24ClN3O4. The number of hydrogen-bond donors (Lipinski definition) is 3. The van der Waals surface area contributed by atoms with Crippen LogP contribution in [0.4, 0.5) is 0 Å². The van der Waals surface area contributed by atoms with Crippen molar-refractivity contribution in [3.63, 3.8) is 0 Å². The molecule has 7 nitrogen and oxygen atoms in total. The Kier molecular flexibility index (Phi) is 8.05. The predicted molar refractivity (Wildman–Crippen MR) is 121 cm³/mol. The Balaban J connectivity index is 1.65.